The quantitative estimate of drug-likeness (QED) is 0.756. The first-order chi connectivity index (χ1) is 8.52. The molecule has 1 heterocycles. The molecule has 6 heteroatoms. The van der Waals surface area contributed by atoms with Crippen molar-refractivity contribution in [3.05, 3.63) is 0 Å². The van der Waals surface area contributed by atoms with Gasteiger partial charge in [0.1, 0.15) is 0 Å². The number of carbonyl (C=O) groups excluding carboxylic acids is 1. The Morgan fingerprint density at radius 3 is 2.83 bits per heavy atom. The normalized spacial score (nSPS) is 20.4. The fraction of sp³-hybridized carbons (Fsp3) is 0.833. The van der Waals surface area contributed by atoms with Crippen LogP contribution in [0.5, 0.6) is 0 Å². The van der Waals surface area contributed by atoms with Crippen molar-refractivity contribution in [1.29, 1.82) is 0 Å². The second kappa shape index (κ2) is 7.20. The Hall–Kier alpha value is -1.30. The van der Waals surface area contributed by atoms with Crippen molar-refractivity contribution in [3.63, 3.8) is 0 Å². The van der Waals surface area contributed by atoms with E-state index in [-0.39, 0.29) is 25.0 Å². The fourth-order valence-electron chi connectivity index (χ4n) is 2.11. The molecule has 0 aromatic carbocycles. The molecule has 2 amide bonds. The van der Waals surface area contributed by atoms with Gasteiger partial charge in [-0.3, -0.25) is 4.79 Å². The number of carbonyl (C=O) groups is 2. The average molecular weight is 257 g/mol. The van der Waals surface area contributed by atoms with Gasteiger partial charge in [0.2, 0.25) is 0 Å². The largest absolute Gasteiger partial charge is 0.481 e. The minimum atomic E-state index is -0.885. The fourth-order valence-corrected chi connectivity index (χ4v) is 2.11. The maximum Gasteiger partial charge on any atom is 0.317 e. The summed E-state index contributed by atoms with van der Waals surface area (Å²) in [6.07, 6.45) is 2.07. The number of piperidine rings is 1. The highest BCUT2D eigenvalue weighted by Crippen LogP contribution is 2.09. The molecule has 0 aromatic heterocycles. The Bertz CT molecular complexity index is 296. The number of rotatable bonds is 5. The molecule has 0 bridgehead atoms. The van der Waals surface area contributed by atoms with Gasteiger partial charge in [0.25, 0.3) is 0 Å². The summed E-state index contributed by atoms with van der Waals surface area (Å²) in [5.41, 5.74) is 0. The Morgan fingerprint density at radius 1 is 1.50 bits per heavy atom. The zero-order valence-electron chi connectivity index (χ0n) is 11.2. The molecular weight excluding hydrogens is 234 g/mol. The van der Waals surface area contributed by atoms with E-state index >= 15 is 0 Å². The SMILES string of the molecule is CCN1CCCC(NC(=O)N(C)CCC(=O)O)C1. The summed E-state index contributed by atoms with van der Waals surface area (Å²) in [4.78, 5) is 26.0. The van der Waals surface area contributed by atoms with Crippen LogP contribution in [-0.2, 0) is 4.79 Å². The molecule has 18 heavy (non-hydrogen) atoms. The highest BCUT2D eigenvalue weighted by molar-refractivity contribution is 5.75. The predicted octanol–water partition coefficient (Wildman–Crippen LogP) is 0.587. The van der Waals surface area contributed by atoms with Crippen molar-refractivity contribution in [2.45, 2.75) is 32.2 Å². The van der Waals surface area contributed by atoms with Crippen LogP contribution in [0.25, 0.3) is 0 Å². The third-order valence-corrected chi connectivity index (χ3v) is 3.29. The molecule has 1 aliphatic rings. The van der Waals surface area contributed by atoms with Crippen LogP contribution in [0.1, 0.15) is 26.2 Å². The van der Waals surface area contributed by atoms with E-state index in [1.807, 2.05) is 0 Å². The summed E-state index contributed by atoms with van der Waals surface area (Å²) in [5.74, 6) is -0.885. The lowest BCUT2D eigenvalue weighted by Crippen LogP contribution is -2.50. The zero-order valence-corrected chi connectivity index (χ0v) is 11.2. The van der Waals surface area contributed by atoms with Gasteiger partial charge >= 0.3 is 12.0 Å². The molecule has 1 rings (SSSR count). The number of carboxylic acids is 1. The van der Waals surface area contributed by atoms with Crippen LogP contribution in [0.3, 0.4) is 0 Å². The Labute approximate surface area is 108 Å². The molecule has 1 fully saturated rings. The van der Waals surface area contributed by atoms with Crippen LogP contribution in [0.4, 0.5) is 4.79 Å². The minimum absolute atomic E-state index is 0.0182. The molecule has 104 valence electrons. The van der Waals surface area contributed by atoms with Crippen molar-refractivity contribution in [1.82, 2.24) is 15.1 Å². The molecule has 1 aliphatic heterocycles. The Balaban J connectivity index is 2.32. The van der Waals surface area contributed by atoms with Gasteiger partial charge < -0.3 is 20.2 Å². The lowest BCUT2D eigenvalue weighted by molar-refractivity contribution is -0.137. The Kier molecular flexibility index (Phi) is 5.91. The molecule has 0 spiro atoms. The number of likely N-dealkylation sites (tertiary alicyclic amines) is 1. The van der Waals surface area contributed by atoms with Crippen molar-refractivity contribution in [2.75, 3.05) is 33.2 Å². The second-order valence-corrected chi connectivity index (χ2v) is 4.75. The van der Waals surface area contributed by atoms with E-state index in [4.69, 9.17) is 5.11 Å². The first-order valence-electron chi connectivity index (χ1n) is 6.48. The summed E-state index contributed by atoms with van der Waals surface area (Å²) in [6.45, 7) is 5.34. The number of urea groups is 1. The first kappa shape index (κ1) is 14.8. The molecule has 0 aromatic rings. The maximum atomic E-state index is 11.8. The number of nitrogens with one attached hydrogen (secondary N) is 1. The van der Waals surface area contributed by atoms with E-state index in [1.54, 1.807) is 7.05 Å². The number of carboxylic acid groups (broad SMARTS) is 1. The van der Waals surface area contributed by atoms with E-state index < -0.39 is 5.97 Å². The van der Waals surface area contributed by atoms with E-state index in [0.717, 1.165) is 32.5 Å². The average Bonchev–Trinajstić information content (AvgIpc) is 2.36. The molecule has 0 saturated carbocycles. The van der Waals surface area contributed by atoms with Gasteiger partial charge in [-0.15, -0.1) is 0 Å². The number of nitrogens with zero attached hydrogens (tertiary/aromatic N) is 2. The summed E-state index contributed by atoms with van der Waals surface area (Å²) < 4.78 is 0. The highest BCUT2D eigenvalue weighted by atomic mass is 16.4. The van der Waals surface area contributed by atoms with Gasteiger partial charge in [0, 0.05) is 26.2 Å². The zero-order chi connectivity index (χ0) is 13.5. The summed E-state index contributed by atoms with van der Waals surface area (Å²) in [7, 11) is 1.62. The molecule has 0 aliphatic carbocycles. The van der Waals surface area contributed by atoms with E-state index in [1.165, 1.54) is 4.90 Å². The van der Waals surface area contributed by atoms with Crippen LogP contribution in [-0.4, -0.2) is 66.2 Å². The van der Waals surface area contributed by atoms with Gasteiger partial charge in [-0.2, -0.15) is 0 Å². The number of hydrogen-bond donors (Lipinski definition) is 2. The lowest BCUT2D eigenvalue weighted by Gasteiger charge is -2.33. The molecule has 0 radical (unpaired) electrons. The van der Waals surface area contributed by atoms with Gasteiger partial charge in [-0.1, -0.05) is 6.92 Å². The number of amides is 2. The van der Waals surface area contributed by atoms with Crippen LogP contribution in [0.15, 0.2) is 0 Å². The van der Waals surface area contributed by atoms with Crippen LogP contribution < -0.4 is 5.32 Å². The lowest BCUT2D eigenvalue weighted by atomic mass is 10.1. The van der Waals surface area contributed by atoms with Crippen LogP contribution in [0.2, 0.25) is 0 Å². The molecule has 6 nitrogen and oxygen atoms in total. The molecular formula is C12H23N3O3. The first-order valence-corrected chi connectivity index (χ1v) is 6.48. The predicted molar refractivity (Wildman–Crippen MR) is 68.6 cm³/mol. The van der Waals surface area contributed by atoms with Gasteiger partial charge in [0.15, 0.2) is 0 Å². The van der Waals surface area contributed by atoms with Crippen molar-refractivity contribution >= 4 is 12.0 Å². The summed E-state index contributed by atoms with van der Waals surface area (Å²) in [5, 5.41) is 11.5. The monoisotopic (exact) mass is 257 g/mol. The van der Waals surface area contributed by atoms with E-state index in [9.17, 15) is 9.59 Å². The highest BCUT2D eigenvalue weighted by Gasteiger charge is 2.21. The summed E-state index contributed by atoms with van der Waals surface area (Å²) in [6, 6.07) is -0.00215. The Morgan fingerprint density at radius 2 is 2.22 bits per heavy atom. The molecule has 1 saturated heterocycles. The number of aliphatic carboxylic acids is 1. The standard InChI is InChI=1S/C12H23N3O3/c1-3-15-7-4-5-10(9-15)13-12(18)14(2)8-6-11(16)17/h10H,3-9H2,1-2H3,(H,13,18)(H,16,17). The third-order valence-electron chi connectivity index (χ3n) is 3.29. The van der Waals surface area contributed by atoms with E-state index in [0.29, 0.717) is 0 Å². The molecule has 1 unspecified atom stereocenters. The molecule has 2 N–H and O–H groups in total. The van der Waals surface area contributed by atoms with Gasteiger partial charge in [-0.25, -0.2) is 4.79 Å². The van der Waals surface area contributed by atoms with Crippen LogP contribution in [0, 0.1) is 0 Å². The number of likely N-dealkylation sites (N-methyl/N-ethyl adjacent to an activating group) is 1. The van der Waals surface area contributed by atoms with Crippen molar-refractivity contribution in [2.24, 2.45) is 0 Å². The molecule has 1 atom stereocenters. The van der Waals surface area contributed by atoms with Crippen LogP contribution >= 0.6 is 0 Å². The van der Waals surface area contributed by atoms with Crippen molar-refractivity contribution < 1.29 is 14.7 Å². The third kappa shape index (κ3) is 4.91. The topological polar surface area (TPSA) is 72.9 Å². The van der Waals surface area contributed by atoms with Gasteiger partial charge in [-0.05, 0) is 25.9 Å². The smallest absolute Gasteiger partial charge is 0.317 e. The second-order valence-electron chi connectivity index (χ2n) is 4.75. The summed E-state index contributed by atoms with van der Waals surface area (Å²) >= 11 is 0. The van der Waals surface area contributed by atoms with Crippen molar-refractivity contribution in [3.8, 4) is 0 Å². The van der Waals surface area contributed by atoms with E-state index in [2.05, 4.69) is 17.1 Å². The van der Waals surface area contributed by atoms with Gasteiger partial charge in [0.05, 0.1) is 6.42 Å². The number of hydrogen-bond acceptors (Lipinski definition) is 3. The maximum absolute atomic E-state index is 11.8. The minimum Gasteiger partial charge on any atom is -0.481 e.